The van der Waals surface area contributed by atoms with Crippen molar-refractivity contribution in [2.24, 2.45) is 5.41 Å². The van der Waals surface area contributed by atoms with Crippen molar-refractivity contribution in [3.63, 3.8) is 0 Å². The first-order valence-electron chi connectivity index (χ1n) is 5.48. The molecular weight excluding hydrogens is 244 g/mol. The van der Waals surface area contributed by atoms with Crippen molar-refractivity contribution in [2.75, 3.05) is 19.8 Å². The van der Waals surface area contributed by atoms with Crippen LogP contribution < -0.4 is 5.32 Å². The van der Waals surface area contributed by atoms with E-state index in [9.17, 15) is 13.6 Å². The third-order valence-electron chi connectivity index (χ3n) is 2.99. The highest BCUT2D eigenvalue weighted by Crippen LogP contribution is 2.27. The number of aliphatic hydroxyl groups excluding tert-OH is 1. The molecule has 0 aliphatic carbocycles. The van der Waals surface area contributed by atoms with Crippen molar-refractivity contribution in [2.45, 2.75) is 6.54 Å². The summed E-state index contributed by atoms with van der Waals surface area (Å²) < 4.78 is 31.1. The number of hydrogen-bond acceptors (Lipinski definition) is 3. The van der Waals surface area contributed by atoms with E-state index in [1.807, 2.05) is 0 Å². The van der Waals surface area contributed by atoms with Crippen LogP contribution in [0.25, 0.3) is 0 Å². The molecule has 0 unspecified atom stereocenters. The molecular formula is C12H13F2NO3. The SMILES string of the molecule is O=C(NCc1cc(F)ccc1F)C1(CO)COC1. The molecule has 98 valence electrons. The molecule has 0 saturated carbocycles. The van der Waals surface area contributed by atoms with E-state index in [1.54, 1.807) is 0 Å². The van der Waals surface area contributed by atoms with Crippen LogP contribution >= 0.6 is 0 Å². The minimum absolute atomic E-state index is 0.0664. The summed E-state index contributed by atoms with van der Waals surface area (Å²) in [5, 5.41) is 11.6. The van der Waals surface area contributed by atoms with E-state index in [-0.39, 0.29) is 31.9 Å². The number of ether oxygens (including phenoxy) is 1. The van der Waals surface area contributed by atoms with Gasteiger partial charge >= 0.3 is 0 Å². The second kappa shape index (κ2) is 4.99. The van der Waals surface area contributed by atoms with E-state index in [4.69, 9.17) is 9.84 Å². The standard InChI is InChI=1S/C12H13F2NO3/c13-9-1-2-10(14)8(3-9)4-15-11(17)12(5-16)6-18-7-12/h1-3,16H,4-7H2,(H,15,17). The summed E-state index contributed by atoms with van der Waals surface area (Å²) in [6.45, 7) is -0.170. The molecule has 0 radical (unpaired) electrons. The Morgan fingerprint density at radius 1 is 1.44 bits per heavy atom. The molecule has 1 amide bonds. The summed E-state index contributed by atoms with van der Waals surface area (Å²) in [6, 6.07) is 3.04. The lowest BCUT2D eigenvalue weighted by molar-refractivity contribution is -0.170. The minimum Gasteiger partial charge on any atom is -0.395 e. The van der Waals surface area contributed by atoms with E-state index in [0.29, 0.717) is 0 Å². The van der Waals surface area contributed by atoms with Crippen molar-refractivity contribution in [3.8, 4) is 0 Å². The largest absolute Gasteiger partial charge is 0.395 e. The van der Waals surface area contributed by atoms with Crippen LogP contribution in [0.4, 0.5) is 8.78 Å². The van der Waals surface area contributed by atoms with Gasteiger partial charge in [-0.3, -0.25) is 4.79 Å². The van der Waals surface area contributed by atoms with E-state index in [1.165, 1.54) is 0 Å². The van der Waals surface area contributed by atoms with E-state index in [0.717, 1.165) is 18.2 Å². The van der Waals surface area contributed by atoms with Gasteiger partial charge in [-0.2, -0.15) is 0 Å². The molecule has 6 heteroatoms. The molecule has 0 spiro atoms. The Hall–Kier alpha value is -1.53. The van der Waals surface area contributed by atoms with Crippen molar-refractivity contribution in [1.29, 1.82) is 0 Å². The van der Waals surface area contributed by atoms with Crippen molar-refractivity contribution in [3.05, 3.63) is 35.4 Å². The Kier molecular flexibility index (Phi) is 3.58. The molecule has 0 bridgehead atoms. The minimum atomic E-state index is -0.941. The van der Waals surface area contributed by atoms with Crippen LogP contribution in [-0.2, 0) is 16.1 Å². The number of amides is 1. The first-order chi connectivity index (χ1) is 8.57. The Labute approximate surface area is 103 Å². The highest BCUT2D eigenvalue weighted by atomic mass is 19.1. The van der Waals surface area contributed by atoms with Gasteiger partial charge in [0.05, 0.1) is 19.8 Å². The van der Waals surface area contributed by atoms with Gasteiger partial charge in [0, 0.05) is 12.1 Å². The fraction of sp³-hybridized carbons (Fsp3) is 0.417. The van der Waals surface area contributed by atoms with Gasteiger partial charge in [-0.05, 0) is 18.2 Å². The second-order valence-corrected chi connectivity index (χ2v) is 4.35. The lowest BCUT2D eigenvalue weighted by Gasteiger charge is -2.38. The van der Waals surface area contributed by atoms with Gasteiger partial charge in [0.15, 0.2) is 0 Å². The quantitative estimate of drug-likeness (QED) is 0.830. The third kappa shape index (κ3) is 2.34. The monoisotopic (exact) mass is 257 g/mol. The zero-order chi connectivity index (χ0) is 13.2. The van der Waals surface area contributed by atoms with Crippen molar-refractivity contribution in [1.82, 2.24) is 5.32 Å². The fourth-order valence-electron chi connectivity index (χ4n) is 1.68. The van der Waals surface area contributed by atoms with Gasteiger partial charge in [-0.15, -0.1) is 0 Å². The highest BCUT2D eigenvalue weighted by molar-refractivity contribution is 5.83. The summed E-state index contributed by atoms with van der Waals surface area (Å²) in [5.41, 5.74) is -0.874. The third-order valence-corrected chi connectivity index (χ3v) is 2.99. The van der Waals surface area contributed by atoms with Crippen LogP contribution in [0.5, 0.6) is 0 Å². The number of hydrogen-bond donors (Lipinski definition) is 2. The maximum absolute atomic E-state index is 13.3. The average Bonchev–Trinajstić information content (AvgIpc) is 2.29. The van der Waals surface area contributed by atoms with Crippen LogP contribution in [0.3, 0.4) is 0 Å². The summed E-state index contributed by atoms with van der Waals surface area (Å²) >= 11 is 0. The van der Waals surface area contributed by atoms with E-state index >= 15 is 0 Å². The normalized spacial score (nSPS) is 17.1. The van der Waals surface area contributed by atoms with Crippen molar-refractivity contribution >= 4 is 5.91 Å². The molecule has 2 N–H and O–H groups in total. The summed E-state index contributed by atoms with van der Waals surface area (Å²) in [7, 11) is 0. The van der Waals surface area contributed by atoms with Crippen LogP contribution in [0.1, 0.15) is 5.56 Å². The van der Waals surface area contributed by atoms with Gasteiger partial charge in [0.2, 0.25) is 5.91 Å². The summed E-state index contributed by atoms with van der Waals surface area (Å²) in [5.74, 6) is -1.57. The lowest BCUT2D eigenvalue weighted by Crippen LogP contribution is -2.56. The molecule has 0 atom stereocenters. The number of aliphatic hydroxyl groups is 1. The van der Waals surface area contributed by atoms with Gasteiger partial charge in [0.1, 0.15) is 17.0 Å². The lowest BCUT2D eigenvalue weighted by atomic mass is 9.86. The molecule has 18 heavy (non-hydrogen) atoms. The first-order valence-corrected chi connectivity index (χ1v) is 5.48. The van der Waals surface area contributed by atoms with Crippen LogP contribution in [0.2, 0.25) is 0 Å². The number of carbonyl (C=O) groups excluding carboxylic acids is 1. The molecule has 1 aliphatic heterocycles. The van der Waals surface area contributed by atoms with Gasteiger partial charge in [-0.1, -0.05) is 0 Å². The fourth-order valence-corrected chi connectivity index (χ4v) is 1.68. The molecule has 2 rings (SSSR count). The summed E-state index contributed by atoms with van der Waals surface area (Å²) in [6.07, 6.45) is 0. The van der Waals surface area contributed by atoms with Crippen LogP contribution in [0, 0.1) is 17.0 Å². The van der Waals surface area contributed by atoms with Gasteiger partial charge in [0.25, 0.3) is 0 Å². The smallest absolute Gasteiger partial charge is 0.233 e. The predicted octanol–water partition coefficient (Wildman–Crippen LogP) is 0.590. The molecule has 1 aromatic rings. The van der Waals surface area contributed by atoms with E-state index < -0.39 is 23.0 Å². The molecule has 1 aliphatic rings. The zero-order valence-corrected chi connectivity index (χ0v) is 9.58. The number of nitrogens with one attached hydrogen (secondary N) is 1. The molecule has 1 aromatic carbocycles. The molecule has 4 nitrogen and oxygen atoms in total. The molecule has 1 fully saturated rings. The average molecular weight is 257 g/mol. The molecule has 0 aromatic heterocycles. The van der Waals surface area contributed by atoms with E-state index in [2.05, 4.69) is 5.32 Å². The van der Waals surface area contributed by atoms with Gasteiger partial charge in [-0.25, -0.2) is 8.78 Å². The molecule has 1 saturated heterocycles. The first kappa shape index (κ1) is 12.9. The predicted molar refractivity (Wildman–Crippen MR) is 58.5 cm³/mol. The Balaban J connectivity index is 1.99. The number of halogens is 2. The number of rotatable bonds is 4. The Morgan fingerprint density at radius 3 is 2.72 bits per heavy atom. The maximum atomic E-state index is 13.3. The number of benzene rings is 1. The van der Waals surface area contributed by atoms with Crippen LogP contribution in [0.15, 0.2) is 18.2 Å². The second-order valence-electron chi connectivity index (χ2n) is 4.35. The number of carbonyl (C=O) groups is 1. The topological polar surface area (TPSA) is 58.6 Å². The Morgan fingerprint density at radius 2 is 2.17 bits per heavy atom. The summed E-state index contributed by atoms with van der Waals surface area (Å²) in [4.78, 5) is 11.8. The van der Waals surface area contributed by atoms with Crippen molar-refractivity contribution < 1.29 is 23.4 Å². The molecule has 1 heterocycles. The Bertz CT molecular complexity index is 455. The van der Waals surface area contributed by atoms with Crippen LogP contribution in [-0.4, -0.2) is 30.8 Å². The maximum Gasteiger partial charge on any atom is 0.233 e. The van der Waals surface area contributed by atoms with Gasteiger partial charge < -0.3 is 15.2 Å². The highest BCUT2D eigenvalue weighted by Gasteiger charge is 2.45. The zero-order valence-electron chi connectivity index (χ0n) is 9.58.